The molecule has 0 aliphatic carbocycles. The highest BCUT2D eigenvalue weighted by atomic mass is 16.6. The molecule has 46 heavy (non-hydrogen) atoms. The number of aromatic nitrogens is 2. The number of nitrogens with zero attached hydrogens (tertiary/aromatic N) is 4. The van der Waals surface area contributed by atoms with Crippen molar-refractivity contribution >= 4 is 33.6 Å². The Balaban J connectivity index is 1.51. The number of non-ortho nitro benzene ring substituents is 1. The molecule has 6 aromatic rings. The van der Waals surface area contributed by atoms with Gasteiger partial charge in [-0.1, -0.05) is 68.4 Å². The number of benzene rings is 5. The zero-order chi connectivity index (χ0) is 32.4. The van der Waals surface area contributed by atoms with Gasteiger partial charge in [0, 0.05) is 23.3 Å². The Morgan fingerprint density at radius 1 is 0.935 bits per heavy atom. The van der Waals surface area contributed by atoms with E-state index in [-0.39, 0.29) is 23.8 Å². The molecule has 1 heterocycles. The maximum absolute atomic E-state index is 14.0. The summed E-state index contributed by atoms with van der Waals surface area (Å²) in [4.78, 5) is 29.9. The standard InChI is InChI=1S/C37H32N4O5/c1-23(2)30-20-31(24(3)18-35(30)45-4)36-39-33-15-8-7-14-29(33)37(42)40(36)38-21-32-28-13-6-5-11-26(28)16-17-34(32)46-22-25-10-9-12-27(19-25)41(43)44/h5-21,23H,22H2,1-4H3. The summed E-state index contributed by atoms with van der Waals surface area (Å²) in [6, 6.07) is 29.1. The Hall–Kier alpha value is -5.83. The van der Waals surface area contributed by atoms with Gasteiger partial charge < -0.3 is 9.47 Å². The number of hydrogen-bond acceptors (Lipinski definition) is 7. The number of ether oxygens (including phenoxy) is 2. The molecule has 9 nitrogen and oxygen atoms in total. The summed E-state index contributed by atoms with van der Waals surface area (Å²) >= 11 is 0. The highest BCUT2D eigenvalue weighted by Gasteiger charge is 2.19. The average molecular weight is 613 g/mol. The van der Waals surface area contributed by atoms with Crippen LogP contribution in [-0.4, -0.2) is 27.9 Å². The summed E-state index contributed by atoms with van der Waals surface area (Å²) in [6.45, 7) is 6.24. The number of nitro benzene ring substituents is 1. The lowest BCUT2D eigenvalue weighted by molar-refractivity contribution is -0.384. The van der Waals surface area contributed by atoms with Gasteiger partial charge in [0.15, 0.2) is 5.82 Å². The smallest absolute Gasteiger partial charge is 0.282 e. The number of methoxy groups -OCH3 is 1. The van der Waals surface area contributed by atoms with E-state index >= 15 is 0 Å². The summed E-state index contributed by atoms with van der Waals surface area (Å²) in [5.41, 5.74) is 4.21. The first-order chi connectivity index (χ1) is 22.2. The van der Waals surface area contributed by atoms with Crippen LogP contribution in [0.25, 0.3) is 33.1 Å². The van der Waals surface area contributed by atoms with E-state index in [1.165, 1.54) is 16.8 Å². The molecule has 0 aliphatic rings. The molecule has 0 saturated carbocycles. The van der Waals surface area contributed by atoms with Crippen molar-refractivity contribution in [3.8, 4) is 22.9 Å². The third kappa shape index (κ3) is 5.82. The molecule has 0 aliphatic heterocycles. The average Bonchev–Trinajstić information content (AvgIpc) is 3.06. The quantitative estimate of drug-likeness (QED) is 0.0929. The van der Waals surface area contributed by atoms with Crippen LogP contribution in [-0.2, 0) is 6.61 Å². The van der Waals surface area contributed by atoms with Crippen LogP contribution in [0.2, 0.25) is 0 Å². The SMILES string of the molecule is COc1cc(C)c(-c2nc3ccccc3c(=O)n2N=Cc2c(OCc3cccc([N+](=O)[O-])c3)ccc3ccccc23)cc1C(C)C. The lowest BCUT2D eigenvalue weighted by atomic mass is 9.96. The summed E-state index contributed by atoms with van der Waals surface area (Å²) in [5, 5.41) is 18.4. The van der Waals surface area contributed by atoms with E-state index in [4.69, 9.17) is 19.6 Å². The number of aryl methyl sites for hydroxylation is 1. The van der Waals surface area contributed by atoms with Crippen LogP contribution in [0.5, 0.6) is 11.5 Å². The number of para-hydroxylation sites is 1. The minimum absolute atomic E-state index is 0.00782. The number of hydrogen-bond donors (Lipinski definition) is 0. The third-order valence-electron chi connectivity index (χ3n) is 7.94. The zero-order valence-corrected chi connectivity index (χ0v) is 25.9. The van der Waals surface area contributed by atoms with Crippen LogP contribution in [0.1, 0.15) is 42.0 Å². The van der Waals surface area contributed by atoms with Crippen LogP contribution in [0.4, 0.5) is 5.69 Å². The van der Waals surface area contributed by atoms with Gasteiger partial charge in [-0.3, -0.25) is 14.9 Å². The summed E-state index contributed by atoms with van der Waals surface area (Å²) in [6.07, 6.45) is 1.62. The van der Waals surface area contributed by atoms with Crippen LogP contribution >= 0.6 is 0 Å². The molecule has 6 rings (SSSR count). The van der Waals surface area contributed by atoms with Crippen molar-refractivity contribution in [1.82, 2.24) is 9.66 Å². The topological polar surface area (TPSA) is 109 Å². The molecule has 0 unspecified atom stereocenters. The molecular weight excluding hydrogens is 580 g/mol. The van der Waals surface area contributed by atoms with Gasteiger partial charge in [-0.25, -0.2) is 4.98 Å². The van der Waals surface area contributed by atoms with Gasteiger partial charge in [0.05, 0.1) is 29.2 Å². The van der Waals surface area contributed by atoms with Crippen molar-refractivity contribution in [1.29, 1.82) is 0 Å². The fourth-order valence-electron chi connectivity index (χ4n) is 5.54. The summed E-state index contributed by atoms with van der Waals surface area (Å²) < 4.78 is 13.2. The van der Waals surface area contributed by atoms with E-state index < -0.39 is 4.92 Å². The zero-order valence-electron chi connectivity index (χ0n) is 25.9. The maximum atomic E-state index is 14.0. The monoisotopic (exact) mass is 612 g/mol. The van der Waals surface area contributed by atoms with Gasteiger partial charge in [-0.15, -0.1) is 0 Å². The minimum atomic E-state index is -0.431. The fraction of sp³-hybridized carbons (Fsp3) is 0.162. The van der Waals surface area contributed by atoms with Crippen molar-refractivity contribution in [3.05, 3.63) is 140 Å². The normalized spacial score (nSPS) is 11.5. The van der Waals surface area contributed by atoms with E-state index in [1.54, 1.807) is 37.6 Å². The Morgan fingerprint density at radius 2 is 1.70 bits per heavy atom. The molecule has 1 aromatic heterocycles. The number of rotatable bonds is 9. The van der Waals surface area contributed by atoms with Crippen LogP contribution in [0, 0.1) is 17.0 Å². The highest BCUT2D eigenvalue weighted by Crippen LogP contribution is 2.34. The molecule has 0 N–H and O–H groups in total. The van der Waals surface area contributed by atoms with E-state index in [1.807, 2.05) is 67.6 Å². The van der Waals surface area contributed by atoms with Gasteiger partial charge in [0.25, 0.3) is 11.2 Å². The molecule has 5 aromatic carbocycles. The second-order valence-electron chi connectivity index (χ2n) is 11.3. The lowest BCUT2D eigenvalue weighted by Gasteiger charge is -2.17. The predicted molar refractivity (Wildman–Crippen MR) is 181 cm³/mol. The largest absolute Gasteiger partial charge is 0.496 e. The second-order valence-corrected chi connectivity index (χ2v) is 11.3. The molecule has 9 heteroatoms. The Labute approximate surface area is 265 Å². The van der Waals surface area contributed by atoms with E-state index in [0.29, 0.717) is 33.6 Å². The highest BCUT2D eigenvalue weighted by molar-refractivity contribution is 6.02. The first-order valence-electron chi connectivity index (χ1n) is 14.9. The molecule has 0 saturated heterocycles. The molecule has 0 spiro atoms. The minimum Gasteiger partial charge on any atom is -0.496 e. The Bertz CT molecular complexity index is 2200. The molecule has 0 amide bonds. The van der Waals surface area contributed by atoms with Crippen molar-refractivity contribution in [2.75, 3.05) is 7.11 Å². The number of nitro groups is 1. The molecule has 0 atom stereocenters. The molecular formula is C37H32N4O5. The van der Waals surface area contributed by atoms with Crippen LogP contribution < -0.4 is 15.0 Å². The van der Waals surface area contributed by atoms with E-state index in [2.05, 4.69) is 13.8 Å². The van der Waals surface area contributed by atoms with Crippen LogP contribution in [0.3, 0.4) is 0 Å². The summed E-state index contributed by atoms with van der Waals surface area (Å²) in [5.74, 6) is 1.86. The van der Waals surface area contributed by atoms with Crippen molar-refractivity contribution in [2.45, 2.75) is 33.3 Å². The van der Waals surface area contributed by atoms with Crippen LogP contribution in [0.15, 0.2) is 107 Å². The maximum Gasteiger partial charge on any atom is 0.282 e. The Morgan fingerprint density at radius 3 is 2.46 bits per heavy atom. The molecule has 0 fully saturated rings. The molecule has 0 radical (unpaired) electrons. The van der Waals surface area contributed by atoms with Gasteiger partial charge in [0.2, 0.25) is 0 Å². The van der Waals surface area contributed by atoms with Gasteiger partial charge >= 0.3 is 0 Å². The van der Waals surface area contributed by atoms with Crippen molar-refractivity contribution < 1.29 is 14.4 Å². The third-order valence-corrected chi connectivity index (χ3v) is 7.94. The van der Waals surface area contributed by atoms with Gasteiger partial charge in [0.1, 0.15) is 18.1 Å². The lowest BCUT2D eigenvalue weighted by Crippen LogP contribution is -2.21. The first kappa shape index (κ1) is 30.2. The predicted octanol–water partition coefficient (Wildman–Crippen LogP) is 8.03. The number of fused-ring (bicyclic) bond motifs is 2. The first-order valence-corrected chi connectivity index (χ1v) is 14.9. The van der Waals surface area contributed by atoms with Gasteiger partial charge in [-0.2, -0.15) is 9.78 Å². The van der Waals surface area contributed by atoms with E-state index in [9.17, 15) is 14.9 Å². The fourth-order valence-corrected chi connectivity index (χ4v) is 5.54. The summed E-state index contributed by atoms with van der Waals surface area (Å²) in [7, 11) is 1.65. The van der Waals surface area contributed by atoms with Gasteiger partial charge in [-0.05, 0) is 70.6 Å². The van der Waals surface area contributed by atoms with Crippen molar-refractivity contribution in [2.24, 2.45) is 5.10 Å². The molecule has 0 bridgehead atoms. The molecule has 230 valence electrons. The Kier molecular flexibility index (Phi) is 8.31. The van der Waals surface area contributed by atoms with Crippen molar-refractivity contribution in [3.63, 3.8) is 0 Å². The second kappa shape index (κ2) is 12.6. The van der Waals surface area contributed by atoms with E-state index in [0.717, 1.165) is 33.2 Å².